The van der Waals surface area contributed by atoms with Crippen LogP contribution >= 0.6 is 0 Å². The smallest absolute Gasteiger partial charge is 0.298 e. The number of nitrogen functional groups attached to an aromatic ring is 1. The Morgan fingerprint density at radius 2 is 2.00 bits per heavy atom. The average Bonchev–Trinajstić information content (AvgIpc) is 2.88. The Morgan fingerprint density at radius 3 is 2.75 bits per heavy atom. The molecular weight excluding hydrogens is 252 g/mol. The molecule has 3 aromatic rings. The summed E-state index contributed by atoms with van der Waals surface area (Å²) in [5, 5.41) is 0. The molecule has 2 aromatic heterocycles. The molecule has 0 saturated heterocycles. The number of aromatic nitrogens is 2. The maximum atomic E-state index is 5.79. The predicted molar refractivity (Wildman–Crippen MR) is 79.4 cm³/mol. The van der Waals surface area contributed by atoms with E-state index in [2.05, 4.69) is 21.8 Å². The molecule has 2 N–H and O–H groups in total. The van der Waals surface area contributed by atoms with Crippen LogP contribution in [-0.4, -0.2) is 16.5 Å². The minimum absolute atomic E-state index is 0.616. The van der Waals surface area contributed by atoms with E-state index in [4.69, 9.17) is 10.2 Å². The number of nitrogens with zero attached hydrogens (tertiary/aromatic N) is 3. The molecule has 1 aromatic carbocycles. The van der Waals surface area contributed by atoms with Crippen LogP contribution in [0.5, 0.6) is 0 Å². The number of oxazole rings is 1. The maximum absolute atomic E-state index is 5.79. The first kappa shape index (κ1) is 12.5. The molecule has 0 radical (unpaired) electrons. The lowest BCUT2D eigenvalue weighted by Crippen LogP contribution is -2.22. The van der Waals surface area contributed by atoms with Gasteiger partial charge in [0.05, 0.1) is 0 Å². The highest BCUT2D eigenvalue weighted by Gasteiger charge is 2.13. The first-order valence-corrected chi connectivity index (χ1v) is 6.56. The zero-order valence-corrected chi connectivity index (χ0v) is 11.3. The van der Waals surface area contributed by atoms with Crippen molar-refractivity contribution in [2.75, 3.05) is 17.2 Å². The molecule has 0 atom stereocenters. The van der Waals surface area contributed by atoms with Crippen LogP contribution in [0, 0.1) is 0 Å². The molecule has 2 heterocycles. The van der Waals surface area contributed by atoms with Gasteiger partial charge in [-0.25, -0.2) is 0 Å². The third-order valence-electron chi connectivity index (χ3n) is 3.18. The Hall–Kier alpha value is -2.56. The lowest BCUT2D eigenvalue weighted by Gasteiger charge is -2.18. The summed E-state index contributed by atoms with van der Waals surface area (Å²) in [6, 6.07) is 10.1. The summed E-state index contributed by atoms with van der Waals surface area (Å²) < 4.78 is 5.79. The molecule has 0 unspecified atom stereocenters. The van der Waals surface area contributed by atoms with Gasteiger partial charge in [-0.15, -0.1) is 0 Å². The van der Waals surface area contributed by atoms with Crippen molar-refractivity contribution in [2.24, 2.45) is 0 Å². The monoisotopic (exact) mass is 268 g/mol. The largest absolute Gasteiger partial charge is 0.423 e. The third-order valence-corrected chi connectivity index (χ3v) is 3.18. The minimum Gasteiger partial charge on any atom is -0.423 e. The fourth-order valence-corrected chi connectivity index (χ4v) is 2.09. The SMILES string of the molecule is CCN(Cc1ccncc1)c1nc2ccc(N)cc2o1. The molecule has 0 spiro atoms. The Morgan fingerprint density at radius 1 is 1.20 bits per heavy atom. The van der Waals surface area contributed by atoms with E-state index in [1.807, 2.05) is 24.3 Å². The van der Waals surface area contributed by atoms with Crippen molar-refractivity contribution >= 4 is 22.8 Å². The second kappa shape index (κ2) is 5.21. The van der Waals surface area contributed by atoms with E-state index in [-0.39, 0.29) is 0 Å². The highest BCUT2D eigenvalue weighted by molar-refractivity contribution is 5.78. The molecule has 3 rings (SSSR count). The zero-order valence-electron chi connectivity index (χ0n) is 11.3. The van der Waals surface area contributed by atoms with Gasteiger partial charge in [-0.05, 0) is 36.8 Å². The van der Waals surface area contributed by atoms with Gasteiger partial charge in [-0.2, -0.15) is 4.98 Å². The van der Waals surface area contributed by atoms with Gasteiger partial charge in [0.15, 0.2) is 5.58 Å². The van der Waals surface area contributed by atoms with Crippen LogP contribution in [0.2, 0.25) is 0 Å². The number of rotatable bonds is 4. The van der Waals surface area contributed by atoms with Crippen LogP contribution in [0.4, 0.5) is 11.7 Å². The Labute approximate surface area is 117 Å². The molecule has 0 saturated carbocycles. The number of anilines is 2. The molecule has 5 nitrogen and oxygen atoms in total. The summed E-state index contributed by atoms with van der Waals surface area (Å²) >= 11 is 0. The quantitative estimate of drug-likeness (QED) is 0.737. The number of nitrogens with two attached hydrogens (primary N) is 1. The molecule has 0 fully saturated rings. The summed E-state index contributed by atoms with van der Waals surface area (Å²) in [4.78, 5) is 10.6. The molecule has 0 amide bonds. The molecule has 5 heteroatoms. The summed E-state index contributed by atoms with van der Waals surface area (Å²) in [7, 11) is 0. The van der Waals surface area contributed by atoms with Crippen molar-refractivity contribution in [3.63, 3.8) is 0 Å². The summed E-state index contributed by atoms with van der Waals surface area (Å²) in [6.07, 6.45) is 3.58. The van der Waals surface area contributed by atoms with Crippen LogP contribution in [0.15, 0.2) is 47.1 Å². The van der Waals surface area contributed by atoms with Gasteiger partial charge in [0, 0.05) is 37.2 Å². The molecule has 20 heavy (non-hydrogen) atoms. The van der Waals surface area contributed by atoms with Gasteiger partial charge in [-0.3, -0.25) is 4.98 Å². The average molecular weight is 268 g/mol. The normalized spacial score (nSPS) is 10.8. The van der Waals surface area contributed by atoms with E-state index in [0.717, 1.165) is 18.6 Å². The van der Waals surface area contributed by atoms with Crippen LogP contribution < -0.4 is 10.6 Å². The van der Waals surface area contributed by atoms with Crippen LogP contribution in [0.25, 0.3) is 11.1 Å². The summed E-state index contributed by atoms with van der Waals surface area (Å²) in [6.45, 7) is 3.62. The van der Waals surface area contributed by atoms with E-state index in [1.54, 1.807) is 18.5 Å². The number of benzene rings is 1. The lowest BCUT2D eigenvalue weighted by atomic mass is 10.2. The Balaban J connectivity index is 1.91. The van der Waals surface area contributed by atoms with E-state index in [0.29, 0.717) is 17.3 Å². The third kappa shape index (κ3) is 2.42. The highest BCUT2D eigenvalue weighted by atomic mass is 16.4. The first-order chi connectivity index (χ1) is 9.76. The van der Waals surface area contributed by atoms with Crippen LogP contribution in [0.1, 0.15) is 12.5 Å². The predicted octanol–water partition coefficient (Wildman–Crippen LogP) is 2.83. The van der Waals surface area contributed by atoms with Gasteiger partial charge in [0.1, 0.15) is 5.52 Å². The fourth-order valence-electron chi connectivity index (χ4n) is 2.09. The second-order valence-electron chi connectivity index (χ2n) is 4.59. The lowest BCUT2D eigenvalue weighted by molar-refractivity contribution is 0.569. The van der Waals surface area contributed by atoms with E-state index in [9.17, 15) is 0 Å². The van der Waals surface area contributed by atoms with Crippen molar-refractivity contribution in [3.05, 3.63) is 48.3 Å². The van der Waals surface area contributed by atoms with E-state index in [1.165, 1.54) is 5.56 Å². The second-order valence-corrected chi connectivity index (χ2v) is 4.59. The minimum atomic E-state index is 0.616. The topological polar surface area (TPSA) is 68.2 Å². The van der Waals surface area contributed by atoms with Crippen LogP contribution in [-0.2, 0) is 6.54 Å². The molecule has 0 bridgehead atoms. The number of fused-ring (bicyclic) bond motifs is 1. The first-order valence-electron chi connectivity index (χ1n) is 6.56. The van der Waals surface area contributed by atoms with Crippen molar-refractivity contribution < 1.29 is 4.42 Å². The van der Waals surface area contributed by atoms with Crippen LogP contribution in [0.3, 0.4) is 0 Å². The van der Waals surface area contributed by atoms with Crippen molar-refractivity contribution in [1.29, 1.82) is 0 Å². The molecule has 0 aliphatic heterocycles. The van der Waals surface area contributed by atoms with Gasteiger partial charge < -0.3 is 15.1 Å². The van der Waals surface area contributed by atoms with Gasteiger partial charge >= 0.3 is 0 Å². The molecule has 102 valence electrons. The highest BCUT2D eigenvalue weighted by Crippen LogP contribution is 2.24. The molecule has 0 aliphatic rings. The Bertz CT molecular complexity index is 708. The number of hydrogen-bond acceptors (Lipinski definition) is 5. The molecule has 0 aliphatic carbocycles. The van der Waals surface area contributed by atoms with Crippen molar-refractivity contribution in [2.45, 2.75) is 13.5 Å². The standard InChI is InChI=1S/C15H16N4O/c1-2-19(10-11-5-7-17-8-6-11)15-18-13-4-3-12(16)9-14(13)20-15/h3-9H,2,10,16H2,1H3. The van der Waals surface area contributed by atoms with Crippen molar-refractivity contribution in [1.82, 2.24) is 9.97 Å². The zero-order chi connectivity index (χ0) is 13.9. The summed E-state index contributed by atoms with van der Waals surface area (Å²) in [5.41, 5.74) is 9.14. The Kier molecular flexibility index (Phi) is 3.25. The number of hydrogen-bond donors (Lipinski definition) is 1. The van der Waals surface area contributed by atoms with Crippen molar-refractivity contribution in [3.8, 4) is 0 Å². The number of pyridine rings is 1. The molecular formula is C15H16N4O. The fraction of sp³-hybridized carbons (Fsp3) is 0.200. The van der Waals surface area contributed by atoms with Gasteiger partial charge in [0.2, 0.25) is 0 Å². The van der Waals surface area contributed by atoms with E-state index >= 15 is 0 Å². The van der Waals surface area contributed by atoms with Gasteiger partial charge in [0.25, 0.3) is 6.01 Å². The maximum Gasteiger partial charge on any atom is 0.298 e. The summed E-state index contributed by atoms with van der Waals surface area (Å²) in [5.74, 6) is 0. The van der Waals surface area contributed by atoms with E-state index < -0.39 is 0 Å². The van der Waals surface area contributed by atoms with Gasteiger partial charge in [-0.1, -0.05) is 0 Å².